The summed E-state index contributed by atoms with van der Waals surface area (Å²) in [6, 6.07) is 6.18. The number of fused-ring (bicyclic) bond motifs is 1. The van der Waals surface area contributed by atoms with Gasteiger partial charge < -0.3 is 15.4 Å². The minimum atomic E-state index is -0.480. The number of alkyl carbamates (subject to hydrolysis) is 1. The average molecular weight is 446 g/mol. The SMILES string of the molecule is CCCCN(CCCNC(=O)OC(C)(C)C)/N=C\C=C(/C)Nc1ccc2scnc2c1. The highest BCUT2D eigenvalue weighted by Gasteiger charge is 2.15. The van der Waals surface area contributed by atoms with Crippen LogP contribution in [0.5, 0.6) is 0 Å². The Morgan fingerprint density at radius 1 is 1.29 bits per heavy atom. The van der Waals surface area contributed by atoms with E-state index < -0.39 is 5.60 Å². The molecule has 0 bridgehead atoms. The van der Waals surface area contributed by atoms with Crippen LogP contribution in [-0.2, 0) is 4.74 Å². The fourth-order valence-corrected chi connectivity index (χ4v) is 3.44. The Kier molecular flexibility index (Phi) is 9.78. The summed E-state index contributed by atoms with van der Waals surface area (Å²) in [6.45, 7) is 12.0. The van der Waals surface area contributed by atoms with Crippen molar-refractivity contribution in [2.75, 3.05) is 25.0 Å². The van der Waals surface area contributed by atoms with Crippen molar-refractivity contribution in [2.24, 2.45) is 5.10 Å². The Morgan fingerprint density at radius 3 is 2.81 bits per heavy atom. The molecular formula is C23H35N5O2S. The van der Waals surface area contributed by atoms with Crippen molar-refractivity contribution in [2.45, 2.75) is 59.5 Å². The molecule has 0 fully saturated rings. The maximum Gasteiger partial charge on any atom is 0.407 e. The second kappa shape index (κ2) is 12.3. The number of nitrogens with zero attached hydrogens (tertiary/aromatic N) is 3. The third-order valence-corrected chi connectivity index (χ3v) is 5.07. The molecule has 1 aromatic carbocycles. The summed E-state index contributed by atoms with van der Waals surface area (Å²) >= 11 is 1.64. The first-order valence-electron chi connectivity index (χ1n) is 10.8. The monoisotopic (exact) mass is 445 g/mol. The van der Waals surface area contributed by atoms with E-state index in [1.54, 1.807) is 11.3 Å². The topological polar surface area (TPSA) is 78.9 Å². The van der Waals surface area contributed by atoms with Crippen molar-refractivity contribution in [1.29, 1.82) is 0 Å². The number of carbonyl (C=O) groups is 1. The molecule has 1 amide bonds. The van der Waals surface area contributed by atoms with E-state index in [1.165, 1.54) is 4.70 Å². The zero-order valence-electron chi connectivity index (χ0n) is 19.3. The van der Waals surface area contributed by atoms with Gasteiger partial charge in [0.1, 0.15) is 5.60 Å². The molecule has 0 radical (unpaired) electrons. The molecule has 1 aromatic heterocycles. The predicted octanol–water partition coefficient (Wildman–Crippen LogP) is 5.61. The van der Waals surface area contributed by atoms with Gasteiger partial charge in [0, 0.05) is 37.2 Å². The molecular weight excluding hydrogens is 410 g/mol. The summed E-state index contributed by atoms with van der Waals surface area (Å²) in [5.74, 6) is 0. The number of aromatic nitrogens is 1. The molecule has 0 aliphatic carbocycles. The molecule has 8 heteroatoms. The van der Waals surface area contributed by atoms with Gasteiger partial charge in [-0.15, -0.1) is 11.3 Å². The van der Waals surface area contributed by atoms with Gasteiger partial charge in [0.05, 0.1) is 15.7 Å². The Labute approximate surface area is 189 Å². The normalized spacial score (nSPS) is 12.4. The van der Waals surface area contributed by atoms with E-state index in [-0.39, 0.29) is 6.09 Å². The smallest absolute Gasteiger partial charge is 0.407 e. The van der Waals surface area contributed by atoms with Crippen LogP contribution >= 0.6 is 11.3 Å². The van der Waals surface area contributed by atoms with Gasteiger partial charge in [0.25, 0.3) is 0 Å². The fraction of sp³-hybridized carbons (Fsp3) is 0.522. The largest absolute Gasteiger partial charge is 0.444 e. The Morgan fingerprint density at radius 2 is 2.06 bits per heavy atom. The zero-order valence-corrected chi connectivity index (χ0v) is 20.1. The maximum absolute atomic E-state index is 11.7. The number of amides is 1. The van der Waals surface area contributed by atoms with Gasteiger partial charge in [0.2, 0.25) is 0 Å². The van der Waals surface area contributed by atoms with E-state index >= 15 is 0 Å². The van der Waals surface area contributed by atoms with Gasteiger partial charge in [-0.25, -0.2) is 9.78 Å². The number of hydrogen-bond acceptors (Lipinski definition) is 7. The van der Waals surface area contributed by atoms with Crippen LogP contribution in [0.4, 0.5) is 10.5 Å². The fourth-order valence-electron chi connectivity index (χ4n) is 2.78. The number of allylic oxidation sites excluding steroid dienone is 2. The number of hydrogen-bond donors (Lipinski definition) is 2. The first-order valence-corrected chi connectivity index (χ1v) is 11.7. The molecule has 2 N–H and O–H groups in total. The Hall–Kier alpha value is -2.61. The van der Waals surface area contributed by atoms with Gasteiger partial charge >= 0.3 is 6.09 Å². The number of hydrazone groups is 1. The van der Waals surface area contributed by atoms with Gasteiger partial charge in [0.15, 0.2) is 0 Å². The number of anilines is 1. The van der Waals surface area contributed by atoms with E-state index in [0.29, 0.717) is 6.54 Å². The second-order valence-corrected chi connectivity index (χ2v) is 9.25. The van der Waals surface area contributed by atoms with Gasteiger partial charge in [-0.05, 0) is 64.8 Å². The quantitative estimate of drug-likeness (QED) is 0.267. The van der Waals surface area contributed by atoms with Crippen LogP contribution in [0.1, 0.15) is 53.9 Å². The van der Waals surface area contributed by atoms with Crippen molar-refractivity contribution in [3.63, 3.8) is 0 Å². The molecule has 2 rings (SSSR count). The second-order valence-electron chi connectivity index (χ2n) is 8.36. The predicted molar refractivity (Wildman–Crippen MR) is 131 cm³/mol. The number of ether oxygens (including phenoxy) is 1. The van der Waals surface area contributed by atoms with Crippen LogP contribution in [0.25, 0.3) is 10.2 Å². The minimum absolute atomic E-state index is 0.378. The van der Waals surface area contributed by atoms with Crippen LogP contribution < -0.4 is 10.6 Å². The first kappa shape index (κ1) is 24.7. The van der Waals surface area contributed by atoms with Crippen LogP contribution in [-0.4, -0.2) is 47.5 Å². The minimum Gasteiger partial charge on any atom is -0.444 e. The highest BCUT2D eigenvalue weighted by atomic mass is 32.1. The van der Waals surface area contributed by atoms with Crippen molar-refractivity contribution in [1.82, 2.24) is 15.3 Å². The third-order valence-electron chi connectivity index (χ3n) is 4.26. The van der Waals surface area contributed by atoms with E-state index in [0.717, 1.165) is 49.3 Å². The highest BCUT2D eigenvalue weighted by molar-refractivity contribution is 7.16. The number of carbonyl (C=O) groups excluding carboxylic acids is 1. The van der Waals surface area contributed by atoms with Crippen molar-refractivity contribution in [3.8, 4) is 0 Å². The molecule has 31 heavy (non-hydrogen) atoms. The number of benzene rings is 1. The number of nitrogens with one attached hydrogen (secondary N) is 2. The molecule has 7 nitrogen and oxygen atoms in total. The van der Waals surface area contributed by atoms with Crippen molar-refractivity contribution < 1.29 is 9.53 Å². The van der Waals surface area contributed by atoms with Gasteiger partial charge in [-0.3, -0.25) is 5.01 Å². The van der Waals surface area contributed by atoms with Crippen LogP contribution in [0, 0.1) is 0 Å². The molecule has 0 saturated carbocycles. The van der Waals surface area contributed by atoms with Crippen molar-refractivity contribution in [3.05, 3.63) is 35.5 Å². The van der Waals surface area contributed by atoms with Crippen LogP contribution in [0.2, 0.25) is 0 Å². The van der Waals surface area contributed by atoms with Crippen LogP contribution in [0.15, 0.2) is 40.6 Å². The lowest BCUT2D eigenvalue weighted by molar-refractivity contribution is 0.0525. The Bertz CT molecular complexity index is 885. The summed E-state index contributed by atoms with van der Waals surface area (Å²) in [4.78, 5) is 16.1. The standard InChI is InChI=1S/C23H35N5O2S/c1-6-7-14-28(15-8-12-24-22(29)30-23(3,4)5)26-13-11-18(2)27-19-9-10-21-20(16-19)25-17-31-21/h9-11,13,16-17,27H,6-8,12,14-15H2,1-5H3,(H,24,29)/b18-11+,26-13-. The van der Waals surface area contributed by atoms with Crippen LogP contribution in [0.3, 0.4) is 0 Å². The molecule has 0 atom stereocenters. The zero-order chi connectivity index (χ0) is 22.7. The summed E-state index contributed by atoms with van der Waals surface area (Å²) in [6.07, 6.45) is 6.39. The highest BCUT2D eigenvalue weighted by Crippen LogP contribution is 2.22. The first-order chi connectivity index (χ1) is 14.8. The lowest BCUT2D eigenvalue weighted by Gasteiger charge is -2.21. The summed E-state index contributed by atoms with van der Waals surface area (Å²) in [5.41, 5.74) is 4.39. The van der Waals surface area contributed by atoms with E-state index in [9.17, 15) is 4.79 Å². The Balaban J connectivity index is 1.81. The maximum atomic E-state index is 11.7. The molecule has 1 heterocycles. The molecule has 170 valence electrons. The summed E-state index contributed by atoms with van der Waals surface area (Å²) in [7, 11) is 0. The molecule has 0 spiro atoms. The van der Waals surface area contributed by atoms with E-state index in [4.69, 9.17) is 4.74 Å². The lowest BCUT2D eigenvalue weighted by atomic mass is 10.2. The van der Waals surface area contributed by atoms with Gasteiger partial charge in [-0.1, -0.05) is 13.3 Å². The number of thiazole rings is 1. The molecule has 0 unspecified atom stereocenters. The average Bonchev–Trinajstić information content (AvgIpc) is 3.15. The molecule has 0 saturated heterocycles. The summed E-state index contributed by atoms with van der Waals surface area (Å²) in [5, 5.41) is 12.8. The van der Waals surface area contributed by atoms with Gasteiger partial charge in [-0.2, -0.15) is 5.10 Å². The molecule has 0 aliphatic heterocycles. The molecule has 0 aliphatic rings. The summed E-state index contributed by atoms with van der Waals surface area (Å²) < 4.78 is 6.44. The van der Waals surface area contributed by atoms with E-state index in [2.05, 4.69) is 39.8 Å². The molecule has 2 aromatic rings. The van der Waals surface area contributed by atoms with Crippen molar-refractivity contribution >= 4 is 39.5 Å². The third kappa shape index (κ3) is 9.83. The number of unbranched alkanes of at least 4 members (excludes halogenated alkanes) is 1. The van der Waals surface area contributed by atoms with E-state index in [1.807, 2.05) is 56.6 Å². The lowest BCUT2D eigenvalue weighted by Crippen LogP contribution is -2.34. The number of rotatable bonds is 11.